The summed E-state index contributed by atoms with van der Waals surface area (Å²) in [5.74, 6) is 0.365. The molecule has 0 fully saturated rings. The molecule has 0 aliphatic rings. The van der Waals surface area contributed by atoms with Crippen LogP contribution in [-0.4, -0.2) is 29.0 Å². The van der Waals surface area contributed by atoms with Crippen LogP contribution in [0.3, 0.4) is 0 Å². The van der Waals surface area contributed by atoms with Gasteiger partial charge in [-0.2, -0.15) is 0 Å². The molecule has 1 rings (SSSR count). The van der Waals surface area contributed by atoms with E-state index in [1.54, 1.807) is 0 Å². The van der Waals surface area contributed by atoms with Gasteiger partial charge < -0.3 is 10.6 Å². The first-order valence-electron chi connectivity index (χ1n) is 5.56. The molecule has 5 nitrogen and oxygen atoms in total. The predicted octanol–water partition coefficient (Wildman–Crippen LogP) is 1.68. The first-order chi connectivity index (χ1) is 8.04. The molecular formula is C11H17ClN4O. The summed E-state index contributed by atoms with van der Waals surface area (Å²) in [5, 5.41) is 5.92. The number of nitrogens with one attached hydrogen (secondary N) is 2. The van der Waals surface area contributed by atoms with Crippen molar-refractivity contribution in [1.82, 2.24) is 15.3 Å². The number of carbonyl (C=O) groups excluding carboxylic acids is 1. The van der Waals surface area contributed by atoms with Gasteiger partial charge in [0.25, 0.3) is 0 Å². The van der Waals surface area contributed by atoms with Crippen LogP contribution in [0, 0.1) is 13.8 Å². The second-order valence-corrected chi connectivity index (χ2v) is 4.10. The summed E-state index contributed by atoms with van der Waals surface area (Å²) >= 11 is 5.92. The van der Waals surface area contributed by atoms with E-state index in [1.165, 1.54) is 0 Å². The van der Waals surface area contributed by atoms with E-state index in [9.17, 15) is 4.79 Å². The summed E-state index contributed by atoms with van der Waals surface area (Å²) in [6.45, 7) is 6.51. The number of hydrogen-bond acceptors (Lipinski definition) is 4. The van der Waals surface area contributed by atoms with Crippen LogP contribution in [-0.2, 0) is 4.79 Å². The average Bonchev–Trinajstić information content (AvgIpc) is 2.29. The van der Waals surface area contributed by atoms with E-state index in [2.05, 4.69) is 20.6 Å². The zero-order chi connectivity index (χ0) is 12.8. The zero-order valence-electron chi connectivity index (χ0n) is 10.3. The van der Waals surface area contributed by atoms with Gasteiger partial charge in [0, 0.05) is 6.54 Å². The van der Waals surface area contributed by atoms with Crippen molar-refractivity contribution < 1.29 is 4.79 Å². The Morgan fingerprint density at radius 3 is 2.59 bits per heavy atom. The highest BCUT2D eigenvalue weighted by molar-refractivity contribution is 6.31. The minimum absolute atomic E-state index is 0.0806. The maximum absolute atomic E-state index is 11.4. The summed E-state index contributed by atoms with van der Waals surface area (Å²) in [7, 11) is 0. The quantitative estimate of drug-likeness (QED) is 0.841. The fraction of sp³-hybridized carbons (Fsp3) is 0.545. The van der Waals surface area contributed by atoms with Gasteiger partial charge in [-0.25, -0.2) is 9.97 Å². The number of rotatable bonds is 5. The fourth-order valence-electron chi connectivity index (χ4n) is 1.18. The number of amides is 1. The van der Waals surface area contributed by atoms with Crippen LogP contribution < -0.4 is 10.6 Å². The lowest BCUT2D eigenvalue weighted by atomic mass is 10.3. The number of hydrogen-bond donors (Lipinski definition) is 2. The van der Waals surface area contributed by atoms with Crippen LogP contribution in [0.2, 0.25) is 5.15 Å². The van der Waals surface area contributed by atoms with Crippen molar-refractivity contribution >= 4 is 23.3 Å². The van der Waals surface area contributed by atoms with Gasteiger partial charge in [-0.15, -0.1) is 0 Å². The van der Waals surface area contributed by atoms with Gasteiger partial charge in [0.2, 0.25) is 5.91 Å². The zero-order valence-corrected chi connectivity index (χ0v) is 11.1. The molecule has 0 saturated carbocycles. The van der Waals surface area contributed by atoms with Gasteiger partial charge in [0.1, 0.15) is 0 Å². The van der Waals surface area contributed by atoms with E-state index in [0.717, 1.165) is 17.8 Å². The average molecular weight is 257 g/mol. The van der Waals surface area contributed by atoms with E-state index >= 15 is 0 Å². The summed E-state index contributed by atoms with van der Waals surface area (Å²) in [5.41, 5.74) is 1.59. The Labute approximate surface area is 106 Å². The molecule has 0 radical (unpaired) electrons. The molecule has 1 heterocycles. The van der Waals surface area contributed by atoms with Crippen molar-refractivity contribution in [3.05, 3.63) is 16.5 Å². The minimum Gasteiger partial charge on any atom is -0.358 e. The number of carbonyl (C=O) groups is 1. The second kappa shape index (κ2) is 6.39. The van der Waals surface area contributed by atoms with E-state index < -0.39 is 0 Å². The monoisotopic (exact) mass is 256 g/mol. The molecule has 0 unspecified atom stereocenters. The molecule has 0 aliphatic carbocycles. The van der Waals surface area contributed by atoms with Gasteiger partial charge in [-0.05, 0) is 20.3 Å². The Kier molecular flexibility index (Phi) is 5.15. The van der Waals surface area contributed by atoms with Crippen molar-refractivity contribution in [1.29, 1.82) is 0 Å². The molecule has 0 spiro atoms. The maximum atomic E-state index is 11.4. The second-order valence-electron chi connectivity index (χ2n) is 3.74. The van der Waals surface area contributed by atoms with Gasteiger partial charge >= 0.3 is 0 Å². The molecule has 1 amide bonds. The Bertz CT molecular complexity index is 409. The standard InChI is InChI=1S/C11H17ClN4O/c1-4-5-13-9(17)6-14-11-10(12)15-7(2)8(3)16-11/h4-6H2,1-3H3,(H,13,17)(H,14,16). The molecule has 0 saturated heterocycles. The minimum atomic E-state index is -0.0806. The number of halogens is 1. The van der Waals surface area contributed by atoms with Crippen LogP contribution >= 0.6 is 11.6 Å². The normalized spacial score (nSPS) is 10.1. The van der Waals surface area contributed by atoms with Crippen LogP contribution in [0.25, 0.3) is 0 Å². The molecule has 17 heavy (non-hydrogen) atoms. The third-order valence-electron chi connectivity index (χ3n) is 2.25. The summed E-state index contributed by atoms with van der Waals surface area (Å²) in [6, 6.07) is 0. The Hall–Kier alpha value is -1.36. The van der Waals surface area contributed by atoms with Crippen molar-refractivity contribution in [2.45, 2.75) is 27.2 Å². The Morgan fingerprint density at radius 2 is 1.94 bits per heavy atom. The van der Waals surface area contributed by atoms with Crippen molar-refractivity contribution in [3.8, 4) is 0 Å². The lowest BCUT2D eigenvalue weighted by molar-refractivity contribution is -0.119. The van der Waals surface area contributed by atoms with E-state index in [4.69, 9.17) is 11.6 Å². The molecular weight excluding hydrogens is 240 g/mol. The van der Waals surface area contributed by atoms with Crippen LogP contribution in [0.15, 0.2) is 0 Å². The predicted molar refractivity (Wildman–Crippen MR) is 68.3 cm³/mol. The molecule has 0 bridgehead atoms. The third-order valence-corrected chi connectivity index (χ3v) is 2.52. The molecule has 0 atom stereocenters. The molecule has 6 heteroatoms. The number of aromatic nitrogens is 2. The fourth-order valence-corrected chi connectivity index (χ4v) is 1.42. The Balaban J connectivity index is 2.57. The van der Waals surface area contributed by atoms with Crippen molar-refractivity contribution in [2.75, 3.05) is 18.4 Å². The number of aryl methyl sites for hydroxylation is 2. The molecule has 1 aromatic heterocycles. The van der Waals surface area contributed by atoms with E-state index in [-0.39, 0.29) is 17.6 Å². The molecule has 1 aromatic rings. The van der Waals surface area contributed by atoms with E-state index in [0.29, 0.717) is 12.4 Å². The summed E-state index contributed by atoms with van der Waals surface area (Å²) < 4.78 is 0. The smallest absolute Gasteiger partial charge is 0.239 e. The molecule has 0 aromatic carbocycles. The molecule has 94 valence electrons. The van der Waals surface area contributed by atoms with Gasteiger partial charge in [-0.1, -0.05) is 18.5 Å². The highest BCUT2D eigenvalue weighted by Gasteiger charge is 2.08. The van der Waals surface area contributed by atoms with Crippen molar-refractivity contribution in [2.24, 2.45) is 0 Å². The van der Waals surface area contributed by atoms with Crippen LogP contribution in [0.4, 0.5) is 5.82 Å². The summed E-state index contributed by atoms with van der Waals surface area (Å²) in [4.78, 5) is 19.7. The lowest BCUT2D eigenvalue weighted by Crippen LogP contribution is -2.30. The third kappa shape index (κ3) is 4.19. The lowest BCUT2D eigenvalue weighted by Gasteiger charge is -2.09. The molecule has 2 N–H and O–H groups in total. The molecule has 0 aliphatic heterocycles. The van der Waals surface area contributed by atoms with Gasteiger partial charge in [0.05, 0.1) is 17.9 Å². The maximum Gasteiger partial charge on any atom is 0.239 e. The number of anilines is 1. The largest absolute Gasteiger partial charge is 0.358 e. The number of nitrogens with zero attached hydrogens (tertiary/aromatic N) is 2. The van der Waals surface area contributed by atoms with Crippen LogP contribution in [0.1, 0.15) is 24.7 Å². The first kappa shape index (κ1) is 13.7. The summed E-state index contributed by atoms with van der Waals surface area (Å²) in [6.07, 6.45) is 0.913. The van der Waals surface area contributed by atoms with Gasteiger partial charge in [0.15, 0.2) is 11.0 Å². The van der Waals surface area contributed by atoms with Crippen molar-refractivity contribution in [3.63, 3.8) is 0 Å². The Morgan fingerprint density at radius 1 is 1.29 bits per heavy atom. The van der Waals surface area contributed by atoms with E-state index in [1.807, 2.05) is 20.8 Å². The topological polar surface area (TPSA) is 66.9 Å². The van der Waals surface area contributed by atoms with Gasteiger partial charge in [-0.3, -0.25) is 4.79 Å². The highest BCUT2D eigenvalue weighted by Crippen LogP contribution is 2.17. The SMILES string of the molecule is CCCNC(=O)CNc1nc(C)c(C)nc1Cl. The van der Waals surface area contributed by atoms with Crippen LogP contribution in [0.5, 0.6) is 0 Å². The highest BCUT2D eigenvalue weighted by atomic mass is 35.5. The first-order valence-corrected chi connectivity index (χ1v) is 5.93.